The highest BCUT2D eigenvalue weighted by Crippen LogP contribution is 2.15. The van der Waals surface area contributed by atoms with Gasteiger partial charge in [-0.2, -0.15) is 5.10 Å². The van der Waals surface area contributed by atoms with E-state index in [0.29, 0.717) is 37.4 Å². The monoisotopic (exact) mass is 440 g/mol. The van der Waals surface area contributed by atoms with Crippen LogP contribution in [-0.2, 0) is 0 Å². The number of halogens is 1. The van der Waals surface area contributed by atoms with E-state index in [9.17, 15) is 9.59 Å². The molecule has 1 aromatic carbocycles. The first-order valence-corrected chi connectivity index (χ1v) is 9.56. The van der Waals surface area contributed by atoms with Crippen LogP contribution in [0.3, 0.4) is 0 Å². The number of nitrogens with zero attached hydrogens (tertiary/aromatic N) is 6. The highest BCUT2D eigenvalue weighted by Gasteiger charge is 2.26. The summed E-state index contributed by atoms with van der Waals surface area (Å²) in [6.45, 7) is 1.85. The molecule has 0 atom stereocenters. The van der Waals surface area contributed by atoms with Gasteiger partial charge in [0.2, 0.25) is 0 Å². The third kappa shape index (κ3) is 3.79. The summed E-state index contributed by atoms with van der Waals surface area (Å²) in [6, 6.07) is 7.68. The lowest BCUT2D eigenvalue weighted by molar-refractivity contribution is 0.0532. The zero-order valence-electron chi connectivity index (χ0n) is 14.9. The normalized spacial score (nSPS) is 14.2. The minimum absolute atomic E-state index is 0.0880. The van der Waals surface area contributed by atoms with E-state index in [4.69, 9.17) is 0 Å². The molecule has 4 rings (SSSR count). The van der Waals surface area contributed by atoms with Gasteiger partial charge in [0.1, 0.15) is 5.69 Å². The Labute approximate surface area is 169 Å². The number of piperazine rings is 1. The molecule has 0 unspecified atom stereocenters. The van der Waals surface area contributed by atoms with Crippen molar-refractivity contribution in [2.45, 2.75) is 0 Å². The van der Waals surface area contributed by atoms with Crippen LogP contribution in [0.5, 0.6) is 0 Å². The molecule has 2 amide bonds. The Hall–Kier alpha value is -3.07. The maximum absolute atomic E-state index is 12.8. The third-order valence-electron chi connectivity index (χ3n) is 4.56. The van der Waals surface area contributed by atoms with E-state index in [1.165, 1.54) is 18.6 Å². The van der Waals surface area contributed by atoms with Gasteiger partial charge in [0, 0.05) is 49.2 Å². The van der Waals surface area contributed by atoms with Crippen molar-refractivity contribution >= 4 is 27.7 Å². The SMILES string of the molecule is O=C(c1cnn(-c2ccc(Br)cc2)c1)N1CCN(C(=O)c2cnccn2)CC1. The van der Waals surface area contributed by atoms with Crippen LogP contribution >= 0.6 is 15.9 Å². The van der Waals surface area contributed by atoms with Crippen molar-refractivity contribution in [3.63, 3.8) is 0 Å². The molecule has 2 aromatic heterocycles. The maximum atomic E-state index is 12.8. The second-order valence-electron chi connectivity index (χ2n) is 6.33. The first kappa shape index (κ1) is 18.3. The lowest BCUT2D eigenvalue weighted by Gasteiger charge is -2.34. The molecule has 1 saturated heterocycles. The van der Waals surface area contributed by atoms with Crippen LogP contribution in [0.2, 0.25) is 0 Å². The van der Waals surface area contributed by atoms with E-state index in [0.717, 1.165) is 10.2 Å². The molecule has 8 nitrogen and oxygen atoms in total. The van der Waals surface area contributed by atoms with Crippen LogP contribution < -0.4 is 0 Å². The van der Waals surface area contributed by atoms with Crippen molar-refractivity contribution in [2.75, 3.05) is 26.2 Å². The summed E-state index contributed by atoms with van der Waals surface area (Å²) in [6.07, 6.45) is 7.78. The highest BCUT2D eigenvalue weighted by atomic mass is 79.9. The minimum atomic E-state index is -0.164. The van der Waals surface area contributed by atoms with Gasteiger partial charge < -0.3 is 9.80 Å². The number of rotatable bonds is 3. The van der Waals surface area contributed by atoms with Crippen molar-refractivity contribution in [3.8, 4) is 5.69 Å². The Morgan fingerprint density at radius 1 is 0.893 bits per heavy atom. The molecular formula is C19H17BrN6O2. The van der Waals surface area contributed by atoms with Gasteiger partial charge in [0.15, 0.2) is 0 Å². The molecule has 0 radical (unpaired) electrons. The summed E-state index contributed by atoms with van der Waals surface area (Å²) in [5, 5.41) is 4.29. The highest BCUT2D eigenvalue weighted by molar-refractivity contribution is 9.10. The summed E-state index contributed by atoms with van der Waals surface area (Å²) in [4.78, 5) is 36.6. The second-order valence-corrected chi connectivity index (χ2v) is 7.24. The van der Waals surface area contributed by atoms with Crippen LogP contribution in [0.1, 0.15) is 20.8 Å². The number of carbonyl (C=O) groups is 2. The van der Waals surface area contributed by atoms with Gasteiger partial charge in [-0.25, -0.2) is 9.67 Å². The summed E-state index contributed by atoms with van der Waals surface area (Å²) in [5.41, 5.74) is 1.72. The average Bonchev–Trinajstić information content (AvgIpc) is 3.24. The van der Waals surface area contributed by atoms with Gasteiger partial charge in [0.05, 0.1) is 23.6 Å². The summed E-state index contributed by atoms with van der Waals surface area (Å²) in [7, 11) is 0. The molecule has 0 saturated carbocycles. The number of benzene rings is 1. The molecule has 142 valence electrons. The number of hydrogen-bond donors (Lipinski definition) is 0. The van der Waals surface area contributed by atoms with E-state index in [-0.39, 0.29) is 11.8 Å². The Morgan fingerprint density at radius 2 is 1.57 bits per heavy atom. The summed E-state index contributed by atoms with van der Waals surface area (Å²) >= 11 is 3.40. The molecule has 0 aliphatic carbocycles. The molecular weight excluding hydrogens is 424 g/mol. The molecule has 1 aliphatic heterocycles. The average molecular weight is 441 g/mol. The van der Waals surface area contributed by atoms with Gasteiger partial charge in [-0.15, -0.1) is 0 Å². The molecule has 0 spiro atoms. The lowest BCUT2D eigenvalue weighted by atomic mass is 10.2. The number of aromatic nitrogens is 4. The fraction of sp³-hybridized carbons (Fsp3) is 0.211. The number of amides is 2. The van der Waals surface area contributed by atoms with Crippen LogP contribution in [0.25, 0.3) is 5.69 Å². The van der Waals surface area contributed by atoms with E-state index in [2.05, 4.69) is 31.0 Å². The zero-order chi connectivity index (χ0) is 19.5. The standard InChI is InChI=1S/C19H17BrN6O2/c20-15-1-3-16(4-2-15)26-13-14(11-23-26)18(27)24-7-9-25(10-8-24)19(28)17-12-21-5-6-22-17/h1-6,11-13H,7-10H2. The summed E-state index contributed by atoms with van der Waals surface area (Å²) in [5.74, 6) is -0.252. The number of carbonyl (C=O) groups excluding carboxylic acids is 2. The van der Waals surface area contributed by atoms with Gasteiger partial charge in [0.25, 0.3) is 11.8 Å². The van der Waals surface area contributed by atoms with Crippen molar-refractivity contribution < 1.29 is 9.59 Å². The first-order chi connectivity index (χ1) is 13.6. The largest absolute Gasteiger partial charge is 0.335 e. The molecule has 28 heavy (non-hydrogen) atoms. The first-order valence-electron chi connectivity index (χ1n) is 8.77. The molecule has 0 bridgehead atoms. The second kappa shape index (κ2) is 7.89. The lowest BCUT2D eigenvalue weighted by Crippen LogP contribution is -2.50. The van der Waals surface area contributed by atoms with Gasteiger partial charge >= 0.3 is 0 Å². The van der Waals surface area contributed by atoms with Crippen molar-refractivity contribution in [1.29, 1.82) is 0 Å². The van der Waals surface area contributed by atoms with Crippen molar-refractivity contribution in [1.82, 2.24) is 29.5 Å². The molecule has 9 heteroatoms. The summed E-state index contributed by atoms with van der Waals surface area (Å²) < 4.78 is 2.65. The Kier molecular flexibility index (Phi) is 5.16. The van der Waals surface area contributed by atoms with Gasteiger partial charge in [-0.3, -0.25) is 14.6 Å². The van der Waals surface area contributed by atoms with Crippen LogP contribution in [0.4, 0.5) is 0 Å². The van der Waals surface area contributed by atoms with Gasteiger partial charge in [-0.1, -0.05) is 15.9 Å². The predicted molar refractivity (Wildman–Crippen MR) is 105 cm³/mol. The molecule has 1 aliphatic rings. The smallest absolute Gasteiger partial charge is 0.274 e. The topological polar surface area (TPSA) is 84.2 Å². The number of hydrogen-bond acceptors (Lipinski definition) is 5. The van der Waals surface area contributed by atoms with Crippen LogP contribution in [-0.4, -0.2) is 67.5 Å². The molecule has 0 N–H and O–H groups in total. The van der Waals surface area contributed by atoms with E-state index in [1.54, 1.807) is 26.9 Å². The quantitative estimate of drug-likeness (QED) is 0.621. The molecule has 1 fully saturated rings. The van der Waals surface area contributed by atoms with Crippen LogP contribution in [0, 0.1) is 0 Å². The fourth-order valence-electron chi connectivity index (χ4n) is 3.04. The Morgan fingerprint density at radius 3 is 2.21 bits per heavy atom. The minimum Gasteiger partial charge on any atom is -0.335 e. The maximum Gasteiger partial charge on any atom is 0.274 e. The van der Waals surface area contributed by atoms with Crippen LogP contribution in [0.15, 0.2) is 59.7 Å². The van der Waals surface area contributed by atoms with E-state index >= 15 is 0 Å². The third-order valence-corrected chi connectivity index (χ3v) is 5.09. The van der Waals surface area contributed by atoms with E-state index in [1.807, 2.05) is 24.3 Å². The molecule has 3 heterocycles. The Bertz CT molecular complexity index is 981. The predicted octanol–water partition coefficient (Wildman–Crippen LogP) is 2.02. The fourth-order valence-corrected chi connectivity index (χ4v) is 3.30. The Balaban J connectivity index is 1.39. The molecule has 3 aromatic rings. The van der Waals surface area contributed by atoms with Gasteiger partial charge in [-0.05, 0) is 24.3 Å². The zero-order valence-corrected chi connectivity index (χ0v) is 16.5. The van der Waals surface area contributed by atoms with Crippen molar-refractivity contribution in [3.05, 3.63) is 71.0 Å². The van der Waals surface area contributed by atoms with E-state index < -0.39 is 0 Å². The van der Waals surface area contributed by atoms with Crippen molar-refractivity contribution in [2.24, 2.45) is 0 Å².